The fraction of sp³-hybridized carbons (Fsp3) is 1.00. The third-order valence-corrected chi connectivity index (χ3v) is 3.57. The first kappa shape index (κ1) is 7.60. The Labute approximate surface area is 69.4 Å². The molecule has 0 spiro atoms. The van der Waals surface area contributed by atoms with Gasteiger partial charge in [0.05, 0.1) is 0 Å². The van der Waals surface area contributed by atoms with Gasteiger partial charge in [-0.05, 0) is 55.9 Å². The Kier molecular flexibility index (Phi) is 1.71. The molecule has 2 aliphatic rings. The second kappa shape index (κ2) is 2.48. The van der Waals surface area contributed by atoms with Gasteiger partial charge in [0.15, 0.2) is 0 Å². The first-order valence-corrected chi connectivity index (χ1v) is 4.96. The summed E-state index contributed by atoms with van der Waals surface area (Å²) in [7, 11) is 0. The third-order valence-electron chi connectivity index (χ3n) is 3.57. The molecule has 64 valence electrons. The zero-order valence-electron chi connectivity index (χ0n) is 7.47. The van der Waals surface area contributed by atoms with Crippen LogP contribution in [0.5, 0.6) is 0 Å². The summed E-state index contributed by atoms with van der Waals surface area (Å²) in [5.41, 5.74) is 6.35. The summed E-state index contributed by atoms with van der Waals surface area (Å²) in [4.78, 5) is 0. The summed E-state index contributed by atoms with van der Waals surface area (Å²) in [6, 6.07) is 0. The van der Waals surface area contributed by atoms with Crippen molar-refractivity contribution in [1.82, 2.24) is 0 Å². The molecule has 0 aromatic heterocycles. The van der Waals surface area contributed by atoms with Crippen LogP contribution in [0.2, 0.25) is 0 Å². The van der Waals surface area contributed by atoms with Gasteiger partial charge in [-0.3, -0.25) is 0 Å². The highest BCUT2D eigenvalue weighted by atomic mass is 14.7. The van der Waals surface area contributed by atoms with Crippen LogP contribution in [0.15, 0.2) is 0 Å². The summed E-state index contributed by atoms with van der Waals surface area (Å²) >= 11 is 0. The van der Waals surface area contributed by atoms with Gasteiger partial charge in [0.25, 0.3) is 0 Å². The van der Waals surface area contributed by atoms with E-state index >= 15 is 0 Å². The van der Waals surface area contributed by atoms with Gasteiger partial charge in [-0.15, -0.1) is 0 Å². The van der Waals surface area contributed by atoms with Gasteiger partial charge < -0.3 is 5.73 Å². The highest BCUT2D eigenvalue weighted by Crippen LogP contribution is 2.53. The Morgan fingerprint density at radius 1 is 1.45 bits per heavy atom. The minimum Gasteiger partial charge on any atom is -0.330 e. The standard InChI is InChI=1S/C10H19N/c1-8(9-2-3-9)6-10(7-11)4-5-10/h8-9H,2-7,11H2,1H3. The Morgan fingerprint density at radius 3 is 2.45 bits per heavy atom. The van der Waals surface area contributed by atoms with Crippen molar-refractivity contribution in [3.63, 3.8) is 0 Å². The molecule has 1 heteroatoms. The van der Waals surface area contributed by atoms with Crippen molar-refractivity contribution in [3.8, 4) is 0 Å². The van der Waals surface area contributed by atoms with Crippen LogP contribution in [0.4, 0.5) is 0 Å². The van der Waals surface area contributed by atoms with Crippen molar-refractivity contribution in [2.24, 2.45) is 23.0 Å². The lowest BCUT2D eigenvalue weighted by molar-refractivity contribution is 0.348. The van der Waals surface area contributed by atoms with Gasteiger partial charge in [-0.2, -0.15) is 0 Å². The molecule has 2 saturated carbocycles. The second-order valence-electron chi connectivity index (χ2n) is 4.72. The van der Waals surface area contributed by atoms with Crippen molar-refractivity contribution < 1.29 is 0 Å². The number of hydrogen-bond acceptors (Lipinski definition) is 1. The van der Waals surface area contributed by atoms with Gasteiger partial charge in [-0.1, -0.05) is 6.92 Å². The normalized spacial score (nSPS) is 30.0. The summed E-state index contributed by atoms with van der Waals surface area (Å²) in [5, 5.41) is 0. The Morgan fingerprint density at radius 2 is 2.09 bits per heavy atom. The smallest absolute Gasteiger partial charge is 0.00204 e. The van der Waals surface area contributed by atoms with E-state index < -0.39 is 0 Å². The minimum atomic E-state index is 0.613. The van der Waals surface area contributed by atoms with Crippen LogP contribution in [0.3, 0.4) is 0 Å². The maximum absolute atomic E-state index is 5.74. The average molecular weight is 153 g/mol. The van der Waals surface area contributed by atoms with Crippen LogP contribution >= 0.6 is 0 Å². The number of hydrogen-bond donors (Lipinski definition) is 1. The van der Waals surface area contributed by atoms with Crippen LogP contribution < -0.4 is 5.73 Å². The number of nitrogens with two attached hydrogens (primary N) is 1. The zero-order valence-corrected chi connectivity index (χ0v) is 7.47. The third kappa shape index (κ3) is 1.58. The molecule has 0 aromatic rings. The Bertz CT molecular complexity index is 145. The molecular weight excluding hydrogens is 134 g/mol. The van der Waals surface area contributed by atoms with E-state index in [0.29, 0.717) is 5.41 Å². The first-order valence-electron chi connectivity index (χ1n) is 4.96. The maximum Gasteiger partial charge on any atom is -0.00204 e. The van der Waals surface area contributed by atoms with E-state index in [1.54, 1.807) is 0 Å². The molecule has 0 aliphatic heterocycles. The van der Waals surface area contributed by atoms with Gasteiger partial charge in [0.1, 0.15) is 0 Å². The molecule has 11 heavy (non-hydrogen) atoms. The molecule has 1 unspecified atom stereocenters. The van der Waals surface area contributed by atoms with E-state index in [0.717, 1.165) is 18.4 Å². The first-order chi connectivity index (χ1) is 5.26. The molecule has 2 fully saturated rings. The van der Waals surface area contributed by atoms with Crippen molar-refractivity contribution in [1.29, 1.82) is 0 Å². The lowest BCUT2D eigenvalue weighted by atomic mass is 9.90. The SMILES string of the molecule is CC(CC1(CN)CC1)C1CC1. The van der Waals surface area contributed by atoms with E-state index in [2.05, 4.69) is 6.92 Å². The average Bonchev–Trinajstić information content (AvgIpc) is 2.85. The van der Waals surface area contributed by atoms with Gasteiger partial charge in [0.2, 0.25) is 0 Å². The van der Waals surface area contributed by atoms with Crippen molar-refractivity contribution >= 4 is 0 Å². The highest BCUT2D eigenvalue weighted by Gasteiger charge is 2.44. The topological polar surface area (TPSA) is 26.0 Å². The lowest BCUT2D eigenvalue weighted by Crippen LogP contribution is -2.18. The van der Waals surface area contributed by atoms with E-state index in [1.807, 2.05) is 0 Å². The van der Waals surface area contributed by atoms with Gasteiger partial charge >= 0.3 is 0 Å². The fourth-order valence-corrected chi connectivity index (χ4v) is 2.18. The van der Waals surface area contributed by atoms with Gasteiger partial charge in [-0.25, -0.2) is 0 Å². The van der Waals surface area contributed by atoms with Crippen molar-refractivity contribution in [2.45, 2.75) is 39.0 Å². The molecule has 2 aliphatic carbocycles. The zero-order chi connectivity index (χ0) is 7.90. The predicted molar refractivity (Wildman–Crippen MR) is 47.2 cm³/mol. The van der Waals surface area contributed by atoms with Crippen LogP contribution in [-0.4, -0.2) is 6.54 Å². The van der Waals surface area contributed by atoms with E-state index in [9.17, 15) is 0 Å². The summed E-state index contributed by atoms with van der Waals surface area (Å²) in [5.74, 6) is 2.03. The van der Waals surface area contributed by atoms with E-state index in [4.69, 9.17) is 5.73 Å². The van der Waals surface area contributed by atoms with Crippen molar-refractivity contribution in [3.05, 3.63) is 0 Å². The minimum absolute atomic E-state index is 0.613. The highest BCUT2D eigenvalue weighted by molar-refractivity contribution is 4.96. The fourth-order valence-electron chi connectivity index (χ4n) is 2.18. The van der Waals surface area contributed by atoms with E-state index in [1.165, 1.54) is 32.1 Å². The monoisotopic (exact) mass is 153 g/mol. The maximum atomic E-state index is 5.74. The van der Waals surface area contributed by atoms with Crippen LogP contribution in [0, 0.1) is 17.3 Å². The van der Waals surface area contributed by atoms with Crippen LogP contribution in [0.25, 0.3) is 0 Å². The number of rotatable bonds is 4. The molecular formula is C10H19N. The molecule has 0 bridgehead atoms. The molecule has 0 amide bonds. The summed E-state index contributed by atoms with van der Waals surface area (Å²) in [6.45, 7) is 3.34. The molecule has 1 atom stereocenters. The van der Waals surface area contributed by atoms with Crippen molar-refractivity contribution in [2.75, 3.05) is 6.54 Å². The molecule has 2 rings (SSSR count). The van der Waals surface area contributed by atoms with Crippen LogP contribution in [-0.2, 0) is 0 Å². The second-order valence-corrected chi connectivity index (χ2v) is 4.72. The summed E-state index contributed by atoms with van der Waals surface area (Å²) < 4.78 is 0. The van der Waals surface area contributed by atoms with Gasteiger partial charge in [0, 0.05) is 0 Å². The quantitative estimate of drug-likeness (QED) is 0.658. The summed E-state index contributed by atoms with van der Waals surface area (Å²) in [6.07, 6.45) is 7.19. The molecule has 0 radical (unpaired) electrons. The molecule has 0 aromatic carbocycles. The predicted octanol–water partition coefficient (Wildman–Crippen LogP) is 2.16. The molecule has 1 nitrogen and oxygen atoms in total. The largest absolute Gasteiger partial charge is 0.330 e. The van der Waals surface area contributed by atoms with Crippen LogP contribution in [0.1, 0.15) is 39.0 Å². The molecule has 2 N–H and O–H groups in total. The Hall–Kier alpha value is -0.0400. The Balaban J connectivity index is 1.79. The lowest BCUT2D eigenvalue weighted by Gasteiger charge is -2.17. The molecule has 0 heterocycles. The molecule has 0 saturated heterocycles. The van der Waals surface area contributed by atoms with E-state index in [-0.39, 0.29) is 0 Å².